The molecule has 1 rings (SSSR count). The number of rotatable bonds is 6. The van der Waals surface area contributed by atoms with Crippen molar-refractivity contribution < 1.29 is 5.11 Å². The highest BCUT2D eigenvalue weighted by Crippen LogP contribution is 2.17. The molecule has 3 heteroatoms. The van der Waals surface area contributed by atoms with Crippen LogP contribution in [0.3, 0.4) is 0 Å². The first-order chi connectivity index (χ1) is 7.94. The zero-order valence-corrected chi connectivity index (χ0v) is 11.0. The van der Waals surface area contributed by atoms with Crippen molar-refractivity contribution in [2.24, 2.45) is 0 Å². The van der Waals surface area contributed by atoms with Crippen molar-refractivity contribution in [3.05, 3.63) is 29.8 Å². The number of aliphatic hydroxyl groups excluding tert-OH is 1. The molecule has 0 saturated heterocycles. The van der Waals surface area contributed by atoms with Gasteiger partial charge in [-0.2, -0.15) is 0 Å². The number of β-amino-alcohol motifs (C(OH)–C–C–N with tert-alkyl or cyclic N) is 1. The molecule has 0 aliphatic rings. The third-order valence-electron chi connectivity index (χ3n) is 2.94. The van der Waals surface area contributed by atoms with E-state index in [9.17, 15) is 5.11 Å². The average Bonchev–Trinajstić information content (AvgIpc) is 2.26. The fourth-order valence-corrected chi connectivity index (χ4v) is 1.97. The van der Waals surface area contributed by atoms with Crippen molar-refractivity contribution >= 4 is 5.69 Å². The standard InChI is InChI=1S/C14H24N2O/c1-4-8-14(2,3)16-10-13(17)11-6-5-7-12(15)9-11/h5-7,9,13,16-17H,4,8,10,15H2,1-3H3/t13-/m0/s1. The van der Waals surface area contributed by atoms with Crippen LogP contribution in [0.15, 0.2) is 24.3 Å². The monoisotopic (exact) mass is 236 g/mol. The van der Waals surface area contributed by atoms with Crippen LogP contribution in [0.4, 0.5) is 5.69 Å². The molecule has 1 aromatic rings. The van der Waals surface area contributed by atoms with Crippen molar-refractivity contribution in [2.75, 3.05) is 12.3 Å². The van der Waals surface area contributed by atoms with Crippen LogP contribution < -0.4 is 11.1 Å². The summed E-state index contributed by atoms with van der Waals surface area (Å²) in [7, 11) is 0. The molecular weight excluding hydrogens is 212 g/mol. The minimum Gasteiger partial charge on any atom is -0.399 e. The zero-order valence-electron chi connectivity index (χ0n) is 11.0. The Balaban J connectivity index is 2.52. The molecule has 0 aliphatic heterocycles. The van der Waals surface area contributed by atoms with Gasteiger partial charge in [-0.1, -0.05) is 25.5 Å². The molecule has 17 heavy (non-hydrogen) atoms. The van der Waals surface area contributed by atoms with Crippen molar-refractivity contribution in [3.63, 3.8) is 0 Å². The lowest BCUT2D eigenvalue weighted by Gasteiger charge is -2.27. The Labute approximate surface area is 104 Å². The second kappa shape index (κ2) is 6.03. The molecule has 0 fully saturated rings. The molecular formula is C14H24N2O. The number of hydrogen-bond acceptors (Lipinski definition) is 3. The SMILES string of the molecule is CCCC(C)(C)NC[C@H](O)c1cccc(N)c1. The van der Waals surface area contributed by atoms with E-state index in [1.54, 1.807) is 0 Å². The number of aliphatic hydroxyl groups is 1. The van der Waals surface area contributed by atoms with Crippen LogP contribution in [-0.4, -0.2) is 17.2 Å². The summed E-state index contributed by atoms with van der Waals surface area (Å²) in [6.45, 7) is 7.03. The molecule has 0 heterocycles. The number of benzene rings is 1. The Hall–Kier alpha value is -1.06. The highest BCUT2D eigenvalue weighted by molar-refractivity contribution is 5.41. The number of nitrogens with two attached hydrogens (primary N) is 1. The second-order valence-corrected chi connectivity index (χ2v) is 5.20. The van der Waals surface area contributed by atoms with Gasteiger partial charge in [0.15, 0.2) is 0 Å². The van der Waals surface area contributed by atoms with E-state index in [0.29, 0.717) is 12.2 Å². The van der Waals surface area contributed by atoms with E-state index in [0.717, 1.165) is 18.4 Å². The molecule has 3 nitrogen and oxygen atoms in total. The molecule has 0 unspecified atom stereocenters. The molecule has 0 saturated carbocycles. The molecule has 96 valence electrons. The summed E-state index contributed by atoms with van der Waals surface area (Å²) in [4.78, 5) is 0. The van der Waals surface area contributed by atoms with E-state index in [1.165, 1.54) is 0 Å². The Kier molecular flexibility index (Phi) is 4.97. The van der Waals surface area contributed by atoms with Gasteiger partial charge in [-0.3, -0.25) is 0 Å². The van der Waals surface area contributed by atoms with Gasteiger partial charge in [0.1, 0.15) is 0 Å². The lowest BCUT2D eigenvalue weighted by atomic mass is 9.98. The number of nitrogen functional groups attached to an aromatic ring is 1. The first kappa shape index (κ1) is 14.0. The Morgan fingerprint density at radius 1 is 1.41 bits per heavy atom. The molecule has 1 aromatic carbocycles. The highest BCUT2D eigenvalue weighted by atomic mass is 16.3. The topological polar surface area (TPSA) is 58.3 Å². The maximum Gasteiger partial charge on any atom is 0.0915 e. The molecule has 0 aromatic heterocycles. The number of anilines is 1. The van der Waals surface area contributed by atoms with Crippen LogP contribution in [0, 0.1) is 0 Å². The predicted molar refractivity (Wildman–Crippen MR) is 72.8 cm³/mol. The van der Waals surface area contributed by atoms with Gasteiger partial charge in [0.05, 0.1) is 6.10 Å². The third-order valence-corrected chi connectivity index (χ3v) is 2.94. The van der Waals surface area contributed by atoms with Gasteiger partial charge in [0.2, 0.25) is 0 Å². The maximum atomic E-state index is 10.1. The Morgan fingerprint density at radius 2 is 2.12 bits per heavy atom. The number of nitrogens with one attached hydrogen (secondary N) is 1. The minimum absolute atomic E-state index is 0.0655. The first-order valence-electron chi connectivity index (χ1n) is 6.23. The zero-order chi connectivity index (χ0) is 12.9. The Morgan fingerprint density at radius 3 is 2.71 bits per heavy atom. The van der Waals surface area contributed by atoms with Crippen LogP contribution >= 0.6 is 0 Å². The summed E-state index contributed by atoms with van der Waals surface area (Å²) < 4.78 is 0. The van der Waals surface area contributed by atoms with Crippen LogP contribution in [0.2, 0.25) is 0 Å². The van der Waals surface area contributed by atoms with Gasteiger partial charge in [-0.15, -0.1) is 0 Å². The molecule has 0 spiro atoms. The summed E-state index contributed by atoms with van der Waals surface area (Å²) in [6, 6.07) is 7.41. The summed E-state index contributed by atoms with van der Waals surface area (Å²) in [6.07, 6.45) is 1.72. The van der Waals surface area contributed by atoms with Crippen molar-refractivity contribution in [1.82, 2.24) is 5.32 Å². The molecule has 0 bridgehead atoms. The quantitative estimate of drug-likeness (QED) is 0.665. The van der Waals surface area contributed by atoms with Crippen LogP contribution in [-0.2, 0) is 0 Å². The van der Waals surface area contributed by atoms with Crippen LogP contribution in [0.1, 0.15) is 45.3 Å². The second-order valence-electron chi connectivity index (χ2n) is 5.20. The van der Waals surface area contributed by atoms with E-state index >= 15 is 0 Å². The average molecular weight is 236 g/mol. The molecule has 0 aliphatic carbocycles. The first-order valence-corrected chi connectivity index (χ1v) is 6.23. The normalized spacial score (nSPS) is 13.6. The summed E-state index contributed by atoms with van der Waals surface area (Å²) in [5.41, 5.74) is 7.31. The summed E-state index contributed by atoms with van der Waals surface area (Å²) in [5, 5.41) is 13.4. The number of hydrogen-bond donors (Lipinski definition) is 3. The molecule has 0 amide bonds. The predicted octanol–water partition coefficient (Wildman–Crippen LogP) is 2.47. The summed E-state index contributed by atoms with van der Waals surface area (Å²) >= 11 is 0. The lowest BCUT2D eigenvalue weighted by Crippen LogP contribution is -2.41. The summed E-state index contributed by atoms with van der Waals surface area (Å²) in [5.74, 6) is 0. The van der Waals surface area contributed by atoms with Crippen LogP contribution in [0.25, 0.3) is 0 Å². The Bertz CT molecular complexity index is 350. The minimum atomic E-state index is -0.505. The largest absolute Gasteiger partial charge is 0.399 e. The fraction of sp³-hybridized carbons (Fsp3) is 0.571. The van der Waals surface area contributed by atoms with Gasteiger partial charge < -0.3 is 16.2 Å². The van der Waals surface area contributed by atoms with Gasteiger partial charge in [-0.25, -0.2) is 0 Å². The van der Waals surface area contributed by atoms with E-state index in [1.807, 2.05) is 24.3 Å². The van der Waals surface area contributed by atoms with E-state index in [2.05, 4.69) is 26.1 Å². The fourth-order valence-electron chi connectivity index (χ4n) is 1.97. The van der Waals surface area contributed by atoms with Crippen LogP contribution in [0.5, 0.6) is 0 Å². The van der Waals surface area contributed by atoms with Gasteiger partial charge in [0, 0.05) is 17.8 Å². The third kappa shape index (κ3) is 4.75. The molecule has 0 radical (unpaired) electrons. The lowest BCUT2D eigenvalue weighted by molar-refractivity contribution is 0.159. The van der Waals surface area contributed by atoms with Crippen molar-refractivity contribution in [2.45, 2.75) is 45.3 Å². The highest BCUT2D eigenvalue weighted by Gasteiger charge is 2.17. The van der Waals surface area contributed by atoms with Gasteiger partial charge >= 0.3 is 0 Å². The smallest absolute Gasteiger partial charge is 0.0915 e. The van der Waals surface area contributed by atoms with E-state index in [4.69, 9.17) is 5.73 Å². The maximum absolute atomic E-state index is 10.1. The molecule has 4 N–H and O–H groups in total. The van der Waals surface area contributed by atoms with Gasteiger partial charge in [0.25, 0.3) is 0 Å². The van der Waals surface area contributed by atoms with Crippen molar-refractivity contribution in [1.29, 1.82) is 0 Å². The van der Waals surface area contributed by atoms with Gasteiger partial charge in [-0.05, 0) is 38.0 Å². The van der Waals surface area contributed by atoms with Crippen molar-refractivity contribution in [3.8, 4) is 0 Å². The molecule has 1 atom stereocenters. The van der Waals surface area contributed by atoms with E-state index < -0.39 is 6.10 Å². The van der Waals surface area contributed by atoms with E-state index in [-0.39, 0.29) is 5.54 Å².